The van der Waals surface area contributed by atoms with E-state index in [0.29, 0.717) is 0 Å². The van der Waals surface area contributed by atoms with Crippen molar-refractivity contribution in [2.75, 3.05) is 4.90 Å². The van der Waals surface area contributed by atoms with Gasteiger partial charge in [-0.2, -0.15) is 0 Å². The highest BCUT2D eigenvalue weighted by atomic mass is 16.2. The SMILES string of the molecule is Cc1ccc(C)c(N2C(=O)C(C(C)C)NC(=O)C2C)c1. The normalized spacial score (nSPS) is 23.2. The van der Waals surface area contributed by atoms with E-state index in [0.717, 1.165) is 16.8 Å². The molecule has 1 fully saturated rings. The van der Waals surface area contributed by atoms with Crippen LogP contribution in [0.15, 0.2) is 18.2 Å². The molecule has 0 bridgehead atoms. The predicted molar refractivity (Wildman–Crippen MR) is 79.6 cm³/mol. The Morgan fingerprint density at radius 2 is 1.85 bits per heavy atom. The molecule has 2 rings (SSSR count). The third-order valence-electron chi connectivity index (χ3n) is 3.86. The van der Waals surface area contributed by atoms with Crippen LogP contribution in [0, 0.1) is 19.8 Å². The maximum atomic E-state index is 12.7. The number of rotatable bonds is 2. The number of hydrogen-bond acceptors (Lipinski definition) is 2. The number of amides is 2. The van der Waals surface area contributed by atoms with Crippen LogP contribution in [0.3, 0.4) is 0 Å². The molecule has 4 nitrogen and oxygen atoms in total. The van der Waals surface area contributed by atoms with E-state index in [1.54, 1.807) is 11.8 Å². The van der Waals surface area contributed by atoms with Crippen molar-refractivity contribution >= 4 is 17.5 Å². The lowest BCUT2D eigenvalue weighted by Gasteiger charge is -2.39. The molecule has 1 N–H and O–H groups in total. The standard InChI is InChI=1S/C16H22N2O2/c1-9(2)14-16(20)18(12(5)15(19)17-14)13-8-10(3)6-7-11(13)4/h6-9,12,14H,1-5H3,(H,17,19). The number of anilines is 1. The summed E-state index contributed by atoms with van der Waals surface area (Å²) in [5, 5.41) is 2.82. The van der Waals surface area contributed by atoms with Crippen molar-refractivity contribution in [2.24, 2.45) is 5.92 Å². The molecule has 1 saturated heterocycles. The van der Waals surface area contributed by atoms with Crippen LogP contribution in [0.25, 0.3) is 0 Å². The van der Waals surface area contributed by atoms with Gasteiger partial charge in [0.15, 0.2) is 0 Å². The quantitative estimate of drug-likeness (QED) is 0.898. The molecule has 2 amide bonds. The first-order chi connectivity index (χ1) is 9.32. The van der Waals surface area contributed by atoms with Crippen molar-refractivity contribution in [1.29, 1.82) is 0 Å². The highest BCUT2D eigenvalue weighted by Gasteiger charge is 2.40. The van der Waals surface area contributed by atoms with E-state index >= 15 is 0 Å². The minimum atomic E-state index is -0.474. The number of aryl methyl sites for hydroxylation is 2. The predicted octanol–water partition coefficient (Wildman–Crippen LogP) is 2.18. The fraction of sp³-hybridized carbons (Fsp3) is 0.500. The number of benzene rings is 1. The Balaban J connectivity index is 2.48. The van der Waals surface area contributed by atoms with Gasteiger partial charge in [-0.05, 0) is 43.9 Å². The van der Waals surface area contributed by atoms with Crippen LogP contribution in [-0.4, -0.2) is 23.9 Å². The maximum Gasteiger partial charge on any atom is 0.250 e. The van der Waals surface area contributed by atoms with Gasteiger partial charge in [-0.1, -0.05) is 26.0 Å². The van der Waals surface area contributed by atoms with Gasteiger partial charge < -0.3 is 5.32 Å². The van der Waals surface area contributed by atoms with Crippen LogP contribution in [-0.2, 0) is 9.59 Å². The number of hydrogen-bond donors (Lipinski definition) is 1. The molecule has 0 radical (unpaired) electrons. The second kappa shape index (κ2) is 5.27. The second-order valence-corrected chi connectivity index (χ2v) is 5.90. The van der Waals surface area contributed by atoms with Crippen molar-refractivity contribution < 1.29 is 9.59 Å². The lowest BCUT2D eigenvalue weighted by atomic mass is 9.96. The fourth-order valence-electron chi connectivity index (χ4n) is 2.55. The zero-order chi connectivity index (χ0) is 15.0. The highest BCUT2D eigenvalue weighted by molar-refractivity contribution is 6.08. The molecule has 0 spiro atoms. The van der Waals surface area contributed by atoms with Crippen LogP contribution >= 0.6 is 0 Å². The van der Waals surface area contributed by atoms with Crippen molar-refractivity contribution in [3.63, 3.8) is 0 Å². The lowest BCUT2D eigenvalue weighted by Crippen LogP contribution is -2.64. The third kappa shape index (κ3) is 2.42. The van der Waals surface area contributed by atoms with Crippen LogP contribution in [0.5, 0.6) is 0 Å². The van der Waals surface area contributed by atoms with Gasteiger partial charge >= 0.3 is 0 Å². The number of piperazine rings is 1. The summed E-state index contributed by atoms with van der Waals surface area (Å²) in [7, 11) is 0. The van der Waals surface area contributed by atoms with E-state index in [-0.39, 0.29) is 17.7 Å². The first-order valence-electron chi connectivity index (χ1n) is 7.03. The molecule has 4 heteroatoms. The molecule has 1 aliphatic heterocycles. The molecule has 0 aromatic heterocycles. The summed E-state index contributed by atoms with van der Waals surface area (Å²) in [5.41, 5.74) is 2.92. The Kier molecular flexibility index (Phi) is 3.84. The molecule has 1 heterocycles. The van der Waals surface area contributed by atoms with Crippen LogP contribution < -0.4 is 10.2 Å². The minimum absolute atomic E-state index is 0.0270. The second-order valence-electron chi connectivity index (χ2n) is 5.90. The first kappa shape index (κ1) is 14.6. The zero-order valence-corrected chi connectivity index (χ0v) is 12.7. The zero-order valence-electron chi connectivity index (χ0n) is 12.7. The van der Waals surface area contributed by atoms with Crippen molar-refractivity contribution in [3.8, 4) is 0 Å². The summed E-state index contributed by atoms with van der Waals surface area (Å²) in [6, 6.07) is 5.05. The molecule has 2 unspecified atom stereocenters. The summed E-state index contributed by atoms with van der Waals surface area (Å²) in [5.74, 6) is -0.0448. The van der Waals surface area contributed by atoms with Crippen LogP contribution in [0.2, 0.25) is 0 Å². The average molecular weight is 274 g/mol. The molecule has 1 aromatic rings. The molecule has 2 atom stereocenters. The molecular weight excluding hydrogens is 252 g/mol. The maximum absolute atomic E-state index is 12.7. The molecule has 1 aliphatic rings. The summed E-state index contributed by atoms with van der Waals surface area (Å²) >= 11 is 0. The van der Waals surface area contributed by atoms with E-state index < -0.39 is 12.1 Å². The number of carbonyl (C=O) groups is 2. The van der Waals surface area contributed by atoms with Crippen LogP contribution in [0.4, 0.5) is 5.69 Å². The Bertz CT molecular complexity index is 551. The van der Waals surface area contributed by atoms with Gasteiger partial charge in [0.1, 0.15) is 12.1 Å². The Hall–Kier alpha value is -1.84. The highest BCUT2D eigenvalue weighted by Crippen LogP contribution is 2.27. The summed E-state index contributed by atoms with van der Waals surface area (Å²) in [6.07, 6.45) is 0. The van der Waals surface area contributed by atoms with Gasteiger partial charge in [0, 0.05) is 5.69 Å². The molecule has 0 aliphatic carbocycles. The van der Waals surface area contributed by atoms with Gasteiger partial charge in [0.25, 0.3) is 5.91 Å². The van der Waals surface area contributed by atoms with Gasteiger partial charge in [0.2, 0.25) is 5.91 Å². The minimum Gasteiger partial charge on any atom is -0.342 e. The van der Waals surface area contributed by atoms with Crippen molar-refractivity contribution in [3.05, 3.63) is 29.3 Å². The van der Waals surface area contributed by atoms with Crippen molar-refractivity contribution in [1.82, 2.24) is 5.32 Å². The largest absolute Gasteiger partial charge is 0.342 e. The summed E-state index contributed by atoms with van der Waals surface area (Å²) in [6.45, 7) is 9.61. The molecular formula is C16H22N2O2. The molecule has 108 valence electrons. The average Bonchev–Trinajstić information content (AvgIpc) is 2.37. The first-order valence-corrected chi connectivity index (χ1v) is 7.03. The third-order valence-corrected chi connectivity index (χ3v) is 3.86. The van der Waals surface area contributed by atoms with Gasteiger partial charge in [-0.25, -0.2) is 0 Å². The Labute approximate surface area is 120 Å². The summed E-state index contributed by atoms with van der Waals surface area (Å²) < 4.78 is 0. The molecule has 1 aromatic carbocycles. The fourth-order valence-corrected chi connectivity index (χ4v) is 2.55. The number of carbonyl (C=O) groups excluding carboxylic acids is 2. The Morgan fingerprint density at radius 3 is 2.45 bits per heavy atom. The number of nitrogens with zero attached hydrogens (tertiary/aromatic N) is 1. The van der Waals surface area contributed by atoms with E-state index in [9.17, 15) is 9.59 Å². The topological polar surface area (TPSA) is 49.4 Å². The lowest BCUT2D eigenvalue weighted by molar-refractivity contribution is -0.134. The number of nitrogens with one attached hydrogen (secondary N) is 1. The van der Waals surface area contributed by atoms with Gasteiger partial charge in [-0.15, -0.1) is 0 Å². The Morgan fingerprint density at radius 1 is 1.20 bits per heavy atom. The van der Waals surface area contributed by atoms with E-state index in [1.807, 2.05) is 45.9 Å². The van der Waals surface area contributed by atoms with Gasteiger partial charge in [0.05, 0.1) is 0 Å². The van der Waals surface area contributed by atoms with Crippen molar-refractivity contribution in [2.45, 2.75) is 46.7 Å². The smallest absolute Gasteiger partial charge is 0.250 e. The molecule has 20 heavy (non-hydrogen) atoms. The monoisotopic (exact) mass is 274 g/mol. The summed E-state index contributed by atoms with van der Waals surface area (Å²) in [4.78, 5) is 26.5. The van der Waals surface area contributed by atoms with Crippen LogP contribution in [0.1, 0.15) is 31.9 Å². The van der Waals surface area contributed by atoms with E-state index in [2.05, 4.69) is 5.32 Å². The van der Waals surface area contributed by atoms with E-state index in [4.69, 9.17) is 0 Å². The van der Waals surface area contributed by atoms with E-state index in [1.165, 1.54) is 0 Å². The molecule has 0 saturated carbocycles. The van der Waals surface area contributed by atoms with Gasteiger partial charge in [-0.3, -0.25) is 14.5 Å².